The van der Waals surface area contributed by atoms with E-state index in [-0.39, 0.29) is 0 Å². The van der Waals surface area contributed by atoms with E-state index in [1.54, 1.807) is 0 Å². The zero-order valence-electron chi connectivity index (χ0n) is 7.68. The Morgan fingerprint density at radius 2 is 2.18 bits per heavy atom. The third-order valence-electron chi connectivity index (χ3n) is 1.64. The van der Waals surface area contributed by atoms with Gasteiger partial charge in [0.05, 0.1) is 0 Å². The maximum atomic E-state index is 9.97. The fraction of sp³-hybridized carbons (Fsp3) is 0.700. The molecule has 0 heterocycles. The topological polar surface area (TPSA) is 17.1 Å². The van der Waals surface area contributed by atoms with Gasteiger partial charge in [-0.25, -0.2) is 0 Å². The van der Waals surface area contributed by atoms with E-state index in [2.05, 4.69) is 26.8 Å². The van der Waals surface area contributed by atoms with Gasteiger partial charge < -0.3 is 0 Å². The Morgan fingerprint density at radius 3 is 2.64 bits per heavy atom. The summed E-state index contributed by atoms with van der Waals surface area (Å²) in [6.07, 6.45) is 6.91. The van der Waals surface area contributed by atoms with Gasteiger partial charge in [0.2, 0.25) is 0 Å². The molecule has 0 aromatic heterocycles. The van der Waals surface area contributed by atoms with Crippen LogP contribution in [0, 0.1) is 5.92 Å². The molecule has 1 nitrogen and oxygen atoms in total. The summed E-state index contributed by atoms with van der Waals surface area (Å²) >= 11 is 0. The van der Waals surface area contributed by atoms with E-state index >= 15 is 0 Å². The molecule has 0 aromatic rings. The molecular weight excluding hydrogens is 136 g/mol. The number of hydrogen-bond acceptors (Lipinski definition) is 1. The van der Waals surface area contributed by atoms with Gasteiger partial charge in [-0.1, -0.05) is 18.6 Å². The summed E-state index contributed by atoms with van der Waals surface area (Å²) in [6.45, 7) is 6.27. The molecule has 0 saturated carbocycles. The van der Waals surface area contributed by atoms with Crippen LogP contribution in [-0.2, 0) is 4.79 Å². The van der Waals surface area contributed by atoms with E-state index in [0.717, 1.165) is 12.8 Å². The van der Waals surface area contributed by atoms with Gasteiger partial charge in [-0.2, -0.15) is 0 Å². The predicted octanol–water partition coefficient (Wildman–Crippen LogP) is 2.87. The molecule has 1 radical (unpaired) electrons. The monoisotopic (exact) mass is 153 g/mol. The third kappa shape index (κ3) is 7.31. The van der Waals surface area contributed by atoms with Crippen molar-refractivity contribution in [2.45, 2.75) is 40.0 Å². The van der Waals surface area contributed by atoms with Crippen molar-refractivity contribution in [3.63, 3.8) is 0 Å². The lowest BCUT2D eigenvalue weighted by molar-refractivity contribution is 0.507. The summed E-state index contributed by atoms with van der Waals surface area (Å²) in [4.78, 5) is 9.97. The fourth-order valence-corrected chi connectivity index (χ4v) is 0.901. The Labute approximate surface area is 69.5 Å². The molecule has 63 valence electrons. The smallest absolute Gasteiger partial charge is 0.198 e. The highest BCUT2D eigenvalue weighted by molar-refractivity contribution is 5.50. The Morgan fingerprint density at radius 1 is 1.55 bits per heavy atom. The van der Waals surface area contributed by atoms with Crippen LogP contribution in [-0.4, -0.2) is 6.29 Å². The Bertz CT molecular complexity index is 132. The van der Waals surface area contributed by atoms with Gasteiger partial charge in [-0.3, -0.25) is 4.79 Å². The Hall–Kier alpha value is -0.590. The largest absolute Gasteiger partial charge is 0.291 e. The minimum Gasteiger partial charge on any atom is -0.291 e. The van der Waals surface area contributed by atoms with Gasteiger partial charge >= 0.3 is 0 Å². The van der Waals surface area contributed by atoms with Crippen LogP contribution in [0.1, 0.15) is 40.0 Å². The van der Waals surface area contributed by atoms with Crippen molar-refractivity contribution in [3.8, 4) is 0 Å². The van der Waals surface area contributed by atoms with Crippen LogP contribution in [0.15, 0.2) is 11.6 Å². The van der Waals surface area contributed by atoms with Gasteiger partial charge in [0.1, 0.15) is 0 Å². The molecular formula is C10H17O. The summed E-state index contributed by atoms with van der Waals surface area (Å²) in [5.41, 5.74) is 1.35. The average Bonchev–Trinajstić information content (AvgIpc) is 1.87. The van der Waals surface area contributed by atoms with Gasteiger partial charge in [-0.05, 0) is 32.6 Å². The van der Waals surface area contributed by atoms with Crippen LogP contribution in [0.25, 0.3) is 0 Å². The van der Waals surface area contributed by atoms with Crippen molar-refractivity contribution in [1.29, 1.82) is 0 Å². The van der Waals surface area contributed by atoms with Crippen molar-refractivity contribution < 1.29 is 4.79 Å². The Kier molecular flexibility index (Phi) is 5.81. The first kappa shape index (κ1) is 10.4. The first-order chi connectivity index (χ1) is 5.16. The number of hydrogen-bond donors (Lipinski definition) is 0. The van der Waals surface area contributed by atoms with E-state index in [1.165, 1.54) is 5.57 Å². The first-order valence-electron chi connectivity index (χ1n) is 4.15. The molecule has 0 bridgehead atoms. The van der Waals surface area contributed by atoms with Gasteiger partial charge in [-0.15, -0.1) is 0 Å². The molecule has 0 spiro atoms. The minimum atomic E-state index is 0.489. The molecule has 0 aliphatic rings. The molecule has 0 rings (SSSR count). The molecule has 0 aromatic carbocycles. The van der Waals surface area contributed by atoms with Crippen LogP contribution in [0.5, 0.6) is 0 Å². The van der Waals surface area contributed by atoms with Crippen LogP contribution in [0.2, 0.25) is 0 Å². The van der Waals surface area contributed by atoms with E-state index in [1.807, 2.05) is 6.29 Å². The van der Waals surface area contributed by atoms with Crippen molar-refractivity contribution in [1.82, 2.24) is 0 Å². The lowest BCUT2D eigenvalue weighted by atomic mass is 10.0. The standard InChI is InChI=1S/C10H17O/c1-9(2)5-4-6-10(3)7-8-11/h5,10H,4,6-7H2,1-3H3. The predicted molar refractivity (Wildman–Crippen MR) is 48.1 cm³/mol. The van der Waals surface area contributed by atoms with Crippen molar-refractivity contribution in [2.75, 3.05) is 0 Å². The van der Waals surface area contributed by atoms with E-state index < -0.39 is 0 Å². The zero-order chi connectivity index (χ0) is 8.69. The molecule has 0 fully saturated rings. The quantitative estimate of drug-likeness (QED) is 0.555. The molecule has 0 amide bonds. The lowest BCUT2D eigenvalue weighted by Crippen LogP contribution is -1.93. The van der Waals surface area contributed by atoms with Gasteiger partial charge in [0.15, 0.2) is 6.29 Å². The third-order valence-corrected chi connectivity index (χ3v) is 1.64. The van der Waals surface area contributed by atoms with Crippen molar-refractivity contribution in [2.24, 2.45) is 5.92 Å². The molecule has 0 aliphatic carbocycles. The van der Waals surface area contributed by atoms with Crippen molar-refractivity contribution >= 4 is 6.29 Å². The first-order valence-corrected chi connectivity index (χ1v) is 4.15. The molecule has 0 N–H and O–H groups in total. The zero-order valence-corrected chi connectivity index (χ0v) is 7.68. The van der Waals surface area contributed by atoms with Crippen LogP contribution >= 0.6 is 0 Å². The van der Waals surface area contributed by atoms with Crippen LogP contribution in [0.4, 0.5) is 0 Å². The minimum absolute atomic E-state index is 0.489. The van der Waals surface area contributed by atoms with Crippen LogP contribution < -0.4 is 0 Å². The highest BCUT2D eigenvalue weighted by atomic mass is 16.1. The number of carbonyl (C=O) groups excluding carboxylic acids is 1. The van der Waals surface area contributed by atoms with Gasteiger partial charge in [0.25, 0.3) is 0 Å². The van der Waals surface area contributed by atoms with E-state index in [9.17, 15) is 4.79 Å². The molecule has 0 saturated heterocycles. The Balaban J connectivity index is 3.38. The number of rotatable bonds is 5. The summed E-state index contributed by atoms with van der Waals surface area (Å²) in [7, 11) is 0. The molecule has 11 heavy (non-hydrogen) atoms. The summed E-state index contributed by atoms with van der Waals surface area (Å²) in [5, 5.41) is 0. The maximum Gasteiger partial charge on any atom is 0.198 e. The second kappa shape index (κ2) is 6.14. The molecule has 1 unspecified atom stereocenters. The summed E-state index contributed by atoms with van der Waals surface area (Å²) in [5.74, 6) is 0.489. The van der Waals surface area contributed by atoms with E-state index in [4.69, 9.17) is 0 Å². The highest BCUT2D eigenvalue weighted by Crippen LogP contribution is 2.09. The normalized spacial score (nSPS) is 12.3. The van der Waals surface area contributed by atoms with Crippen LogP contribution in [0.3, 0.4) is 0 Å². The average molecular weight is 153 g/mol. The second-order valence-electron chi connectivity index (χ2n) is 3.31. The summed E-state index contributed by atoms with van der Waals surface area (Å²) in [6, 6.07) is 0. The summed E-state index contributed by atoms with van der Waals surface area (Å²) < 4.78 is 0. The highest BCUT2D eigenvalue weighted by Gasteiger charge is 1.98. The molecule has 1 atom stereocenters. The fourth-order valence-electron chi connectivity index (χ4n) is 0.901. The van der Waals surface area contributed by atoms with E-state index in [0.29, 0.717) is 12.3 Å². The number of allylic oxidation sites excluding steroid dienone is 2. The SMILES string of the molecule is CC(C)=CCCC(C)C[C]=O. The van der Waals surface area contributed by atoms with Crippen molar-refractivity contribution in [3.05, 3.63) is 11.6 Å². The second-order valence-corrected chi connectivity index (χ2v) is 3.31. The lowest BCUT2D eigenvalue weighted by Gasteiger charge is -2.03. The molecule has 0 aliphatic heterocycles. The van der Waals surface area contributed by atoms with Gasteiger partial charge in [0, 0.05) is 6.42 Å². The molecule has 1 heteroatoms. The maximum absolute atomic E-state index is 9.97.